The van der Waals surface area contributed by atoms with E-state index in [1.165, 1.54) is 0 Å². The fraction of sp³-hybridized carbons (Fsp3) is 0.818. The van der Waals surface area contributed by atoms with Crippen molar-refractivity contribution >= 4 is 23.1 Å². The van der Waals surface area contributed by atoms with Gasteiger partial charge in [-0.3, -0.25) is 4.79 Å². The number of aliphatic hydroxyl groups excluding tert-OH is 1. The Hall–Kier alpha value is -0.680. The Bertz CT molecular complexity index is 271. The Labute approximate surface area is 102 Å². The van der Waals surface area contributed by atoms with Gasteiger partial charge in [-0.05, 0) is 19.3 Å². The lowest BCUT2D eigenvalue weighted by atomic mass is 10.0. The van der Waals surface area contributed by atoms with Crippen LogP contribution in [0.3, 0.4) is 0 Å². The number of carbonyl (C=O) groups excluding carboxylic acids is 1. The molecule has 2 unspecified atom stereocenters. The fourth-order valence-corrected chi connectivity index (χ4v) is 2.41. The first-order valence-corrected chi connectivity index (χ1v) is 6.23. The van der Waals surface area contributed by atoms with Crippen LogP contribution in [0.4, 0.5) is 0 Å². The zero-order valence-corrected chi connectivity index (χ0v) is 10.5. The topological polar surface area (TPSA) is 66.6 Å². The summed E-state index contributed by atoms with van der Waals surface area (Å²) in [5, 5.41) is 9.18. The van der Waals surface area contributed by atoms with Crippen molar-refractivity contribution in [3.63, 3.8) is 0 Å². The summed E-state index contributed by atoms with van der Waals surface area (Å²) in [5.41, 5.74) is 5.60. The molecular weight excluding hydrogens is 224 g/mol. The van der Waals surface area contributed by atoms with Crippen molar-refractivity contribution in [1.29, 1.82) is 0 Å². The van der Waals surface area contributed by atoms with Crippen LogP contribution in [0, 0.1) is 5.92 Å². The van der Waals surface area contributed by atoms with Gasteiger partial charge in [0.1, 0.15) is 0 Å². The first-order valence-electron chi connectivity index (χ1n) is 5.82. The van der Waals surface area contributed by atoms with Gasteiger partial charge in [-0.1, -0.05) is 25.6 Å². The van der Waals surface area contributed by atoms with Crippen LogP contribution in [0.25, 0.3) is 0 Å². The van der Waals surface area contributed by atoms with Crippen LogP contribution < -0.4 is 5.73 Å². The third-order valence-electron chi connectivity index (χ3n) is 3.09. The van der Waals surface area contributed by atoms with Crippen molar-refractivity contribution in [2.45, 2.75) is 38.6 Å². The molecule has 1 rings (SSSR count). The molecule has 0 spiro atoms. The molecule has 2 atom stereocenters. The number of nitrogens with zero attached hydrogens (tertiary/aromatic N) is 1. The second-order valence-corrected chi connectivity index (χ2v) is 4.73. The highest BCUT2D eigenvalue weighted by Gasteiger charge is 2.33. The quantitative estimate of drug-likeness (QED) is 0.698. The van der Waals surface area contributed by atoms with E-state index in [0.717, 1.165) is 19.3 Å². The van der Waals surface area contributed by atoms with Gasteiger partial charge in [0.25, 0.3) is 0 Å². The van der Waals surface area contributed by atoms with Crippen molar-refractivity contribution < 1.29 is 9.90 Å². The Kier molecular flexibility index (Phi) is 5.15. The molecule has 0 bridgehead atoms. The van der Waals surface area contributed by atoms with Gasteiger partial charge in [-0.15, -0.1) is 0 Å². The predicted molar refractivity (Wildman–Crippen MR) is 67.0 cm³/mol. The summed E-state index contributed by atoms with van der Waals surface area (Å²) in [6, 6.07) is -0.0405. The lowest BCUT2D eigenvalue weighted by Gasteiger charge is -2.27. The molecule has 5 heteroatoms. The summed E-state index contributed by atoms with van der Waals surface area (Å²) in [4.78, 5) is 14.2. The van der Waals surface area contributed by atoms with E-state index in [9.17, 15) is 9.90 Å². The molecule has 0 aromatic carbocycles. The number of hydrogen-bond acceptors (Lipinski definition) is 3. The second-order valence-electron chi connectivity index (χ2n) is 4.25. The molecule has 1 aliphatic heterocycles. The third kappa shape index (κ3) is 2.92. The first-order chi connectivity index (χ1) is 7.61. The molecule has 0 saturated carbocycles. The highest BCUT2D eigenvalue weighted by molar-refractivity contribution is 7.80. The molecule has 4 nitrogen and oxygen atoms in total. The average Bonchev–Trinajstić information content (AvgIpc) is 2.72. The van der Waals surface area contributed by atoms with Crippen LogP contribution in [0.2, 0.25) is 0 Å². The Morgan fingerprint density at radius 1 is 1.69 bits per heavy atom. The van der Waals surface area contributed by atoms with E-state index in [4.69, 9.17) is 18.0 Å². The molecular formula is C11H20N2O2S. The Morgan fingerprint density at radius 3 is 2.88 bits per heavy atom. The van der Waals surface area contributed by atoms with E-state index >= 15 is 0 Å². The Morgan fingerprint density at radius 2 is 2.38 bits per heavy atom. The van der Waals surface area contributed by atoms with E-state index in [1.54, 1.807) is 4.90 Å². The number of nitrogens with two attached hydrogens (primary N) is 1. The van der Waals surface area contributed by atoms with E-state index in [1.807, 2.05) is 6.92 Å². The van der Waals surface area contributed by atoms with Crippen molar-refractivity contribution in [1.82, 2.24) is 4.90 Å². The molecule has 1 aliphatic rings. The number of rotatable bonds is 5. The van der Waals surface area contributed by atoms with Crippen LogP contribution in [0.1, 0.15) is 32.6 Å². The molecule has 0 aromatic heterocycles. The van der Waals surface area contributed by atoms with E-state index in [2.05, 4.69) is 0 Å². The van der Waals surface area contributed by atoms with Gasteiger partial charge in [-0.2, -0.15) is 0 Å². The first kappa shape index (κ1) is 13.4. The SMILES string of the molecule is CCCC(C(=O)N1CCCC1CO)C(N)=S. The van der Waals surface area contributed by atoms with Crippen LogP contribution in [0.15, 0.2) is 0 Å². The van der Waals surface area contributed by atoms with Gasteiger partial charge in [0.15, 0.2) is 0 Å². The van der Waals surface area contributed by atoms with Crippen LogP contribution in [-0.4, -0.2) is 40.1 Å². The van der Waals surface area contributed by atoms with Gasteiger partial charge >= 0.3 is 0 Å². The summed E-state index contributed by atoms with van der Waals surface area (Å²) in [6.45, 7) is 2.75. The summed E-state index contributed by atoms with van der Waals surface area (Å²) in [5.74, 6) is -0.363. The van der Waals surface area contributed by atoms with E-state index in [0.29, 0.717) is 13.0 Å². The minimum absolute atomic E-state index is 0.00843. The number of amides is 1. The fourth-order valence-electron chi connectivity index (χ4n) is 2.19. The van der Waals surface area contributed by atoms with Gasteiger partial charge in [0.2, 0.25) is 5.91 Å². The smallest absolute Gasteiger partial charge is 0.232 e. The molecule has 1 fully saturated rings. The van der Waals surface area contributed by atoms with Crippen molar-refractivity contribution in [3.8, 4) is 0 Å². The van der Waals surface area contributed by atoms with Crippen LogP contribution >= 0.6 is 12.2 Å². The average molecular weight is 244 g/mol. The summed E-state index contributed by atoms with van der Waals surface area (Å²) >= 11 is 4.94. The van der Waals surface area contributed by atoms with Crippen LogP contribution in [-0.2, 0) is 4.79 Å². The summed E-state index contributed by atoms with van der Waals surface area (Å²) in [7, 11) is 0. The maximum Gasteiger partial charge on any atom is 0.232 e. The number of likely N-dealkylation sites (tertiary alicyclic amines) is 1. The maximum absolute atomic E-state index is 12.2. The van der Waals surface area contributed by atoms with E-state index < -0.39 is 0 Å². The largest absolute Gasteiger partial charge is 0.394 e. The minimum Gasteiger partial charge on any atom is -0.394 e. The van der Waals surface area contributed by atoms with Gasteiger partial charge in [0.05, 0.1) is 23.6 Å². The summed E-state index contributed by atoms with van der Waals surface area (Å²) in [6.07, 6.45) is 3.40. The molecule has 1 heterocycles. The second kappa shape index (κ2) is 6.15. The maximum atomic E-state index is 12.2. The number of hydrogen-bond donors (Lipinski definition) is 2. The number of aliphatic hydroxyl groups is 1. The Balaban J connectivity index is 2.69. The van der Waals surface area contributed by atoms with Crippen molar-refractivity contribution in [2.24, 2.45) is 11.7 Å². The summed E-state index contributed by atoms with van der Waals surface area (Å²) < 4.78 is 0. The van der Waals surface area contributed by atoms with Gasteiger partial charge in [0, 0.05) is 6.54 Å². The van der Waals surface area contributed by atoms with Crippen molar-refractivity contribution in [2.75, 3.05) is 13.2 Å². The van der Waals surface area contributed by atoms with Crippen molar-refractivity contribution in [3.05, 3.63) is 0 Å². The number of carbonyl (C=O) groups is 1. The third-order valence-corrected chi connectivity index (χ3v) is 3.37. The molecule has 92 valence electrons. The van der Waals surface area contributed by atoms with Crippen LogP contribution in [0.5, 0.6) is 0 Å². The van der Waals surface area contributed by atoms with E-state index in [-0.39, 0.29) is 29.5 Å². The monoisotopic (exact) mass is 244 g/mol. The lowest BCUT2D eigenvalue weighted by Crippen LogP contribution is -2.44. The molecule has 0 aliphatic carbocycles. The zero-order chi connectivity index (χ0) is 12.1. The number of thiocarbonyl (C=S) groups is 1. The normalized spacial score (nSPS) is 22.1. The zero-order valence-electron chi connectivity index (χ0n) is 9.69. The molecule has 3 N–H and O–H groups in total. The highest BCUT2D eigenvalue weighted by atomic mass is 32.1. The highest BCUT2D eigenvalue weighted by Crippen LogP contribution is 2.21. The van der Waals surface area contributed by atoms with Gasteiger partial charge < -0.3 is 15.7 Å². The lowest BCUT2D eigenvalue weighted by molar-refractivity contribution is -0.135. The molecule has 1 saturated heterocycles. The molecule has 16 heavy (non-hydrogen) atoms. The molecule has 0 aromatic rings. The standard InChI is InChI=1S/C11H20N2O2S/c1-2-4-9(10(12)16)11(15)13-6-3-5-8(13)7-14/h8-9,14H,2-7H2,1H3,(H2,12,16). The molecule has 1 amide bonds. The van der Waals surface area contributed by atoms with Gasteiger partial charge in [-0.25, -0.2) is 0 Å². The predicted octanol–water partition coefficient (Wildman–Crippen LogP) is 0.672. The molecule has 0 radical (unpaired) electrons. The minimum atomic E-state index is -0.354.